The van der Waals surface area contributed by atoms with Gasteiger partial charge in [0.1, 0.15) is 5.75 Å². The minimum atomic E-state index is -0.336. The van der Waals surface area contributed by atoms with Crippen LogP contribution in [0, 0.1) is 6.92 Å². The fourth-order valence-corrected chi connectivity index (χ4v) is 2.25. The van der Waals surface area contributed by atoms with E-state index in [-0.39, 0.29) is 6.10 Å². The molecule has 1 unspecified atom stereocenters. The van der Waals surface area contributed by atoms with Gasteiger partial charge in [-0.05, 0) is 36.6 Å². The van der Waals surface area contributed by atoms with Crippen LogP contribution in [0.5, 0.6) is 5.75 Å². The van der Waals surface area contributed by atoms with E-state index >= 15 is 0 Å². The third-order valence-corrected chi connectivity index (χ3v) is 3.42. The van der Waals surface area contributed by atoms with Gasteiger partial charge in [0, 0.05) is 0 Å². The van der Waals surface area contributed by atoms with Crippen molar-refractivity contribution in [3.05, 3.63) is 29.3 Å². The largest absolute Gasteiger partial charge is 0.497 e. The SMILES string of the molecule is CCCCCCCC(O)c1ccc(OC)cc1C. The first-order valence-electron chi connectivity index (χ1n) is 7.01. The van der Waals surface area contributed by atoms with E-state index in [0.29, 0.717) is 0 Å². The van der Waals surface area contributed by atoms with Gasteiger partial charge in [0.2, 0.25) is 0 Å². The lowest BCUT2D eigenvalue weighted by Gasteiger charge is -2.14. The summed E-state index contributed by atoms with van der Waals surface area (Å²) in [6, 6.07) is 5.88. The summed E-state index contributed by atoms with van der Waals surface area (Å²) in [6.07, 6.45) is 6.70. The van der Waals surface area contributed by atoms with Crippen molar-refractivity contribution in [1.82, 2.24) is 0 Å². The molecule has 0 aromatic heterocycles. The highest BCUT2D eigenvalue weighted by atomic mass is 16.5. The van der Waals surface area contributed by atoms with Gasteiger partial charge >= 0.3 is 0 Å². The van der Waals surface area contributed by atoms with Gasteiger partial charge in [-0.3, -0.25) is 0 Å². The maximum Gasteiger partial charge on any atom is 0.119 e. The van der Waals surface area contributed by atoms with Crippen LogP contribution in [-0.4, -0.2) is 12.2 Å². The zero-order valence-corrected chi connectivity index (χ0v) is 11.9. The quantitative estimate of drug-likeness (QED) is 0.693. The van der Waals surface area contributed by atoms with E-state index in [0.717, 1.165) is 29.7 Å². The zero-order valence-electron chi connectivity index (χ0n) is 11.9. The summed E-state index contributed by atoms with van der Waals surface area (Å²) < 4.78 is 5.17. The summed E-state index contributed by atoms with van der Waals surface area (Å²) in [5.74, 6) is 0.853. The summed E-state index contributed by atoms with van der Waals surface area (Å²) >= 11 is 0. The Morgan fingerprint density at radius 3 is 2.50 bits per heavy atom. The van der Waals surface area contributed by atoms with Crippen LogP contribution in [0.15, 0.2) is 18.2 Å². The summed E-state index contributed by atoms with van der Waals surface area (Å²) in [6.45, 7) is 4.24. The normalized spacial score (nSPS) is 12.4. The van der Waals surface area contributed by atoms with Gasteiger partial charge in [-0.25, -0.2) is 0 Å². The van der Waals surface area contributed by atoms with Crippen LogP contribution >= 0.6 is 0 Å². The Labute approximate surface area is 111 Å². The molecule has 0 saturated heterocycles. The molecule has 0 spiro atoms. The molecule has 0 heterocycles. The van der Waals surface area contributed by atoms with Gasteiger partial charge in [-0.2, -0.15) is 0 Å². The molecule has 0 aliphatic carbocycles. The monoisotopic (exact) mass is 250 g/mol. The Balaban J connectivity index is 2.43. The molecule has 0 saturated carbocycles. The van der Waals surface area contributed by atoms with Crippen molar-refractivity contribution in [2.75, 3.05) is 7.11 Å². The number of aliphatic hydroxyl groups is 1. The van der Waals surface area contributed by atoms with E-state index in [2.05, 4.69) is 6.92 Å². The van der Waals surface area contributed by atoms with Gasteiger partial charge in [0.25, 0.3) is 0 Å². The number of methoxy groups -OCH3 is 1. The van der Waals surface area contributed by atoms with Crippen LogP contribution in [0.3, 0.4) is 0 Å². The number of hydrogen-bond acceptors (Lipinski definition) is 2. The average Bonchev–Trinajstić information content (AvgIpc) is 2.38. The molecule has 102 valence electrons. The van der Waals surface area contributed by atoms with Gasteiger partial charge in [-0.15, -0.1) is 0 Å². The molecule has 0 radical (unpaired) electrons. The van der Waals surface area contributed by atoms with Gasteiger partial charge < -0.3 is 9.84 Å². The maximum absolute atomic E-state index is 10.2. The zero-order chi connectivity index (χ0) is 13.4. The average molecular weight is 250 g/mol. The molecular formula is C16H26O2. The molecule has 1 aromatic carbocycles. The van der Waals surface area contributed by atoms with E-state index in [1.165, 1.54) is 25.7 Å². The highest BCUT2D eigenvalue weighted by molar-refractivity contribution is 5.35. The lowest BCUT2D eigenvalue weighted by Crippen LogP contribution is -2.00. The van der Waals surface area contributed by atoms with Crippen LogP contribution in [0.25, 0.3) is 0 Å². The molecule has 0 bridgehead atoms. The number of unbranched alkanes of at least 4 members (excludes halogenated alkanes) is 4. The number of aliphatic hydroxyl groups excluding tert-OH is 1. The van der Waals surface area contributed by atoms with Crippen LogP contribution in [-0.2, 0) is 0 Å². The number of hydrogen-bond donors (Lipinski definition) is 1. The van der Waals surface area contributed by atoms with Crippen molar-refractivity contribution >= 4 is 0 Å². The maximum atomic E-state index is 10.2. The third kappa shape index (κ3) is 4.69. The highest BCUT2D eigenvalue weighted by Gasteiger charge is 2.10. The first-order valence-corrected chi connectivity index (χ1v) is 7.01. The minimum absolute atomic E-state index is 0.336. The summed E-state index contributed by atoms with van der Waals surface area (Å²) in [7, 11) is 1.67. The molecule has 0 amide bonds. The molecule has 1 atom stereocenters. The summed E-state index contributed by atoms with van der Waals surface area (Å²) in [5, 5.41) is 10.2. The molecule has 1 N–H and O–H groups in total. The first kappa shape index (κ1) is 15.0. The number of benzene rings is 1. The molecule has 18 heavy (non-hydrogen) atoms. The van der Waals surface area contributed by atoms with E-state index in [9.17, 15) is 5.11 Å². The molecule has 1 rings (SSSR count). The van der Waals surface area contributed by atoms with Crippen molar-refractivity contribution in [2.45, 2.75) is 58.5 Å². The minimum Gasteiger partial charge on any atom is -0.497 e. The van der Waals surface area contributed by atoms with Crippen LogP contribution < -0.4 is 4.74 Å². The smallest absolute Gasteiger partial charge is 0.119 e. The standard InChI is InChI=1S/C16H26O2/c1-4-5-6-7-8-9-16(17)15-11-10-14(18-3)12-13(15)2/h10-12,16-17H,4-9H2,1-3H3. The van der Waals surface area contributed by atoms with Gasteiger partial charge in [0.15, 0.2) is 0 Å². The van der Waals surface area contributed by atoms with E-state index in [4.69, 9.17) is 4.74 Å². The number of rotatable bonds is 8. The fraction of sp³-hybridized carbons (Fsp3) is 0.625. The molecule has 2 heteroatoms. The third-order valence-electron chi connectivity index (χ3n) is 3.42. The Kier molecular flexibility index (Phi) is 6.81. The Bertz CT molecular complexity index is 347. The topological polar surface area (TPSA) is 29.5 Å². The van der Waals surface area contributed by atoms with E-state index in [1.54, 1.807) is 7.11 Å². The predicted octanol–water partition coefficient (Wildman–Crippen LogP) is 4.40. The molecule has 0 aliphatic heterocycles. The van der Waals surface area contributed by atoms with Crippen molar-refractivity contribution < 1.29 is 9.84 Å². The number of aryl methyl sites for hydroxylation is 1. The molecule has 1 aromatic rings. The van der Waals surface area contributed by atoms with Crippen LogP contribution in [0.1, 0.15) is 62.7 Å². The number of ether oxygens (including phenoxy) is 1. The van der Waals surface area contributed by atoms with Crippen molar-refractivity contribution in [3.8, 4) is 5.75 Å². The molecule has 0 fully saturated rings. The lowest BCUT2D eigenvalue weighted by molar-refractivity contribution is 0.162. The van der Waals surface area contributed by atoms with Crippen LogP contribution in [0.4, 0.5) is 0 Å². The van der Waals surface area contributed by atoms with Crippen molar-refractivity contribution in [2.24, 2.45) is 0 Å². The van der Waals surface area contributed by atoms with Gasteiger partial charge in [-0.1, -0.05) is 45.1 Å². The second-order valence-corrected chi connectivity index (χ2v) is 4.94. The fourth-order valence-electron chi connectivity index (χ4n) is 2.25. The van der Waals surface area contributed by atoms with E-state index < -0.39 is 0 Å². The Morgan fingerprint density at radius 1 is 1.17 bits per heavy atom. The molecule has 0 aliphatic rings. The Morgan fingerprint density at radius 2 is 1.89 bits per heavy atom. The van der Waals surface area contributed by atoms with Crippen molar-refractivity contribution in [3.63, 3.8) is 0 Å². The summed E-state index contributed by atoms with van der Waals surface area (Å²) in [5.41, 5.74) is 2.14. The lowest BCUT2D eigenvalue weighted by atomic mass is 9.98. The molecule has 2 nitrogen and oxygen atoms in total. The van der Waals surface area contributed by atoms with Crippen molar-refractivity contribution in [1.29, 1.82) is 0 Å². The highest BCUT2D eigenvalue weighted by Crippen LogP contribution is 2.26. The van der Waals surface area contributed by atoms with Crippen LogP contribution in [0.2, 0.25) is 0 Å². The first-order chi connectivity index (χ1) is 8.69. The summed E-state index contributed by atoms with van der Waals surface area (Å²) in [4.78, 5) is 0. The second kappa shape index (κ2) is 8.15. The predicted molar refractivity (Wildman–Crippen MR) is 76.1 cm³/mol. The Hall–Kier alpha value is -1.02. The van der Waals surface area contributed by atoms with E-state index in [1.807, 2.05) is 25.1 Å². The van der Waals surface area contributed by atoms with Gasteiger partial charge in [0.05, 0.1) is 13.2 Å². The molecular weight excluding hydrogens is 224 g/mol. The second-order valence-electron chi connectivity index (χ2n) is 4.94.